The zero-order valence-corrected chi connectivity index (χ0v) is 15.8. The summed E-state index contributed by atoms with van der Waals surface area (Å²) in [5.41, 5.74) is 0.237. The van der Waals surface area contributed by atoms with Gasteiger partial charge in [0.15, 0.2) is 11.7 Å². The number of phenols is 1. The Balaban J connectivity index is 1.40. The lowest BCUT2D eigenvalue weighted by Gasteiger charge is -2.07. The Hall–Kier alpha value is -3.75. The van der Waals surface area contributed by atoms with Crippen molar-refractivity contribution in [1.29, 1.82) is 0 Å². The quantitative estimate of drug-likeness (QED) is 0.491. The second-order valence-corrected chi connectivity index (χ2v) is 6.37. The molecule has 1 aromatic heterocycles. The molecule has 0 unspecified atom stereocenters. The summed E-state index contributed by atoms with van der Waals surface area (Å²) < 4.78 is 32.2. The number of halogens is 2. The molecule has 0 fully saturated rings. The molecule has 156 valence electrons. The van der Waals surface area contributed by atoms with E-state index in [1.807, 2.05) is 0 Å². The molecule has 2 amide bonds. The molecule has 1 heterocycles. The summed E-state index contributed by atoms with van der Waals surface area (Å²) in [5.74, 6) is -1.90. The molecule has 0 bridgehead atoms. The number of nitrogens with zero attached hydrogens (tertiary/aromatic N) is 1. The number of phenolic OH excluding ortho intramolecular Hbond substituents is 1. The van der Waals surface area contributed by atoms with Crippen molar-refractivity contribution >= 4 is 11.8 Å². The largest absolute Gasteiger partial charge is 0.507 e. The molecule has 0 saturated carbocycles. The summed E-state index contributed by atoms with van der Waals surface area (Å²) in [7, 11) is 0. The third-order valence-electron chi connectivity index (χ3n) is 4.20. The topological polar surface area (TPSA) is 104 Å². The predicted octanol–water partition coefficient (Wildman–Crippen LogP) is 2.80. The molecule has 7 nitrogen and oxygen atoms in total. The van der Waals surface area contributed by atoms with Gasteiger partial charge < -0.3 is 20.2 Å². The van der Waals surface area contributed by atoms with E-state index in [0.717, 1.165) is 12.1 Å². The van der Waals surface area contributed by atoms with Crippen LogP contribution in [0.4, 0.5) is 8.78 Å². The van der Waals surface area contributed by atoms with Gasteiger partial charge >= 0.3 is 0 Å². The number of aromatic hydroxyl groups is 1. The van der Waals surface area contributed by atoms with Gasteiger partial charge in [-0.1, -0.05) is 12.1 Å². The number of hydrogen-bond acceptors (Lipinski definition) is 5. The van der Waals surface area contributed by atoms with Crippen molar-refractivity contribution < 1.29 is 27.9 Å². The molecule has 3 aromatic rings. The van der Waals surface area contributed by atoms with Crippen LogP contribution in [0.15, 0.2) is 53.1 Å². The Bertz CT molecular complexity index is 1050. The first-order chi connectivity index (χ1) is 14.4. The molecule has 0 saturated heterocycles. The van der Waals surface area contributed by atoms with Gasteiger partial charge in [0.2, 0.25) is 5.91 Å². The fourth-order valence-electron chi connectivity index (χ4n) is 2.69. The summed E-state index contributed by atoms with van der Waals surface area (Å²) in [5, 5.41) is 14.9. The Morgan fingerprint density at radius 3 is 2.60 bits per heavy atom. The Kier molecular flexibility index (Phi) is 6.74. The summed E-state index contributed by atoms with van der Waals surface area (Å²) >= 11 is 0. The Labute approximate surface area is 170 Å². The smallest absolute Gasteiger partial charge is 0.255 e. The van der Waals surface area contributed by atoms with Crippen molar-refractivity contribution in [2.24, 2.45) is 0 Å². The fourth-order valence-corrected chi connectivity index (χ4v) is 2.69. The number of aryl methyl sites for hydroxylation is 1. The third-order valence-corrected chi connectivity index (χ3v) is 4.20. The summed E-state index contributed by atoms with van der Waals surface area (Å²) in [6.07, 6.45) is 1.59. The highest BCUT2D eigenvalue weighted by atomic mass is 19.1. The van der Waals surface area contributed by atoms with Crippen molar-refractivity contribution in [3.05, 3.63) is 71.8 Å². The van der Waals surface area contributed by atoms with E-state index >= 15 is 0 Å². The zero-order chi connectivity index (χ0) is 21.5. The van der Waals surface area contributed by atoms with E-state index in [1.165, 1.54) is 24.4 Å². The molecule has 3 N–H and O–H groups in total. The molecule has 0 radical (unpaired) electrons. The minimum atomic E-state index is -0.763. The zero-order valence-electron chi connectivity index (χ0n) is 15.8. The van der Waals surface area contributed by atoms with E-state index in [4.69, 9.17) is 4.42 Å². The molecule has 0 spiro atoms. The summed E-state index contributed by atoms with van der Waals surface area (Å²) in [4.78, 5) is 27.9. The highest BCUT2D eigenvalue weighted by Gasteiger charge is 2.13. The lowest BCUT2D eigenvalue weighted by molar-refractivity contribution is -0.121. The minimum absolute atomic E-state index is 0.0826. The standard InChI is InChI=1S/C21H19F2N3O4/c22-13-5-6-14(16(23)11-13)18-12-26-20(30-18)8-7-19(28)24-9-10-25-21(29)15-3-1-2-4-17(15)27/h1-6,11-12,27H,7-10H2,(H,24,28)(H,25,29). The van der Waals surface area contributed by atoms with Crippen LogP contribution >= 0.6 is 0 Å². The van der Waals surface area contributed by atoms with E-state index in [1.54, 1.807) is 12.1 Å². The van der Waals surface area contributed by atoms with Crippen LogP contribution in [0.25, 0.3) is 11.3 Å². The molecule has 9 heteroatoms. The first kappa shape index (κ1) is 21.0. The Morgan fingerprint density at radius 2 is 1.83 bits per heavy atom. The number of oxazole rings is 1. The predicted molar refractivity (Wildman–Crippen MR) is 104 cm³/mol. The minimum Gasteiger partial charge on any atom is -0.507 e. The lowest BCUT2D eigenvalue weighted by atomic mass is 10.2. The number of aromatic nitrogens is 1. The van der Waals surface area contributed by atoms with Gasteiger partial charge in [-0.2, -0.15) is 0 Å². The molecule has 0 aliphatic heterocycles. The maximum atomic E-state index is 13.8. The van der Waals surface area contributed by atoms with Gasteiger partial charge in [0.05, 0.1) is 17.3 Å². The van der Waals surface area contributed by atoms with Crippen molar-refractivity contribution in [2.75, 3.05) is 13.1 Å². The number of nitrogens with one attached hydrogen (secondary N) is 2. The number of benzene rings is 2. The molecule has 30 heavy (non-hydrogen) atoms. The number of rotatable bonds is 8. The average Bonchev–Trinajstić information content (AvgIpc) is 3.18. The van der Waals surface area contributed by atoms with Gasteiger partial charge in [0, 0.05) is 32.0 Å². The first-order valence-electron chi connectivity index (χ1n) is 9.17. The van der Waals surface area contributed by atoms with E-state index in [-0.39, 0.29) is 60.4 Å². The first-order valence-corrected chi connectivity index (χ1v) is 9.17. The second kappa shape index (κ2) is 9.64. The van der Waals surface area contributed by atoms with Crippen LogP contribution < -0.4 is 10.6 Å². The van der Waals surface area contributed by atoms with E-state index in [9.17, 15) is 23.5 Å². The summed E-state index contributed by atoms with van der Waals surface area (Å²) in [6, 6.07) is 9.27. The molecule has 2 aromatic carbocycles. The van der Waals surface area contributed by atoms with Crippen molar-refractivity contribution in [1.82, 2.24) is 15.6 Å². The molecular formula is C21H19F2N3O4. The normalized spacial score (nSPS) is 10.6. The van der Waals surface area contributed by atoms with Gasteiger partial charge in [-0.05, 0) is 24.3 Å². The molecule has 0 aliphatic carbocycles. The number of carbonyl (C=O) groups excluding carboxylic acids is 2. The third kappa shape index (κ3) is 5.40. The Morgan fingerprint density at radius 1 is 1.07 bits per heavy atom. The van der Waals surface area contributed by atoms with E-state index in [2.05, 4.69) is 15.6 Å². The van der Waals surface area contributed by atoms with E-state index < -0.39 is 17.5 Å². The second-order valence-electron chi connectivity index (χ2n) is 6.37. The number of para-hydroxylation sites is 1. The van der Waals surface area contributed by atoms with Crippen LogP contribution in [0.5, 0.6) is 5.75 Å². The van der Waals surface area contributed by atoms with Crippen molar-refractivity contribution in [3.8, 4) is 17.1 Å². The number of amides is 2. The van der Waals surface area contributed by atoms with Gasteiger partial charge in [-0.15, -0.1) is 0 Å². The number of carbonyl (C=O) groups is 2. The lowest BCUT2D eigenvalue weighted by Crippen LogP contribution is -2.34. The van der Waals surface area contributed by atoms with Gasteiger partial charge in [-0.25, -0.2) is 13.8 Å². The fraction of sp³-hybridized carbons (Fsp3) is 0.190. The van der Waals surface area contributed by atoms with Crippen molar-refractivity contribution in [3.63, 3.8) is 0 Å². The van der Waals surface area contributed by atoms with E-state index in [0.29, 0.717) is 0 Å². The molecule has 0 aliphatic rings. The molecule has 3 rings (SSSR count). The SMILES string of the molecule is O=C(CCc1ncc(-c2ccc(F)cc2F)o1)NCCNC(=O)c1ccccc1O. The van der Waals surface area contributed by atoms with Gasteiger partial charge in [0.1, 0.15) is 17.4 Å². The van der Waals surface area contributed by atoms with Gasteiger partial charge in [0.25, 0.3) is 5.91 Å². The van der Waals surface area contributed by atoms with Crippen molar-refractivity contribution in [2.45, 2.75) is 12.8 Å². The van der Waals surface area contributed by atoms with Crippen LogP contribution in [0.1, 0.15) is 22.7 Å². The van der Waals surface area contributed by atoms with Crippen LogP contribution in [0, 0.1) is 11.6 Å². The van der Waals surface area contributed by atoms with Crippen LogP contribution in [-0.4, -0.2) is 35.0 Å². The van der Waals surface area contributed by atoms with Crippen LogP contribution in [-0.2, 0) is 11.2 Å². The van der Waals surface area contributed by atoms with Gasteiger partial charge in [-0.3, -0.25) is 9.59 Å². The van der Waals surface area contributed by atoms with Crippen LogP contribution in [0.2, 0.25) is 0 Å². The maximum Gasteiger partial charge on any atom is 0.255 e. The number of hydrogen-bond donors (Lipinski definition) is 3. The monoisotopic (exact) mass is 415 g/mol. The maximum absolute atomic E-state index is 13.8. The highest BCUT2D eigenvalue weighted by Crippen LogP contribution is 2.24. The molecule has 0 atom stereocenters. The van der Waals surface area contributed by atoms with Crippen LogP contribution in [0.3, 0.4) is 0 Å². The average molecular weight is 415 g/mol. The molecular weight excluding hydrogens is 396 g/mol. The highest BCUT2D eigenvalue weighted by molar-refractivity contribution is 5.96. The summed E-state index contributed by atoms with van der Waals surface area (Å²) in [6.45, 7) is 0.391.